The minimum atomic E-state index is 0.280. The summed E-state index contributed by atoms with van der Waals surface area (Å²) in [7, 11) is 2.08. The molecule has 2 aromatic rings. The summed E-state index contributed by atoms with van der Waals surface area (Å²) in [6.07, 6.45) is 2.96. The fourth-order valence-electron chi connectivity index (χ4n) is 1.86. The van der Waals surface area contributed by atoms with Crippen molar-refractivity contribution in [3.05, 3.63) is 30.0 Å². The van der Waals surface area contributed by atoms with E-state index in [1.54, 1.807) is 14.0 Å². The van der Waals surface area contributed by atoms with Gasteiger partial charge >= 0.3 is 0 Å². The number of aryl methyl sites for hydroxylation is 1. The molecule has 3 nitrogen and oxygen atoms in total. The number of hydrogen-bond donors (Lipinski definition) is 1. The predicted molar refractivity (Wildman–Crippen MR) is 69.8 cm³/mol. The molecule has 0 unspecified atom stereocenters. The van der Waals surface area contributed by atoms with Crippen LogP contribution >= 0.6 is 0 Å². The fraction of sp³-hybridized carbons (Fsp3) is 0.308. The Hall–Kier alpha value is -1.55. The molecule has 2 radical (unpaired) electrons. The molecule has 2 rings (SSSR count). The van der Waals surface area contributed by atoms with Gasteiger partial charge in [-0.1, -0.05) is 0 Å². The van der Waals surface area contributed by atoms with Crippen LogP contribution in [0.4, 0.5) is 0 Å². The topological polar surface area (TPSA) is 42.1 Å². The standard InChI is InChI=1S/C13H15NO2Si/c1-9(15)17-6-5-10-8-14-13-4-3-11(16-2)7-12(10)13/h3-4,7-8,14H,5-6H2,1-2H3. The van der Waals surface area contributed by atoms with Crippen molar-refractivity contribution in [2.45, 2.75) is 19.4 Å². The summed E-state index contributed by atoms with van der Waals surface area (Å²) in [6, 6.07) is 6.93. The van der Waals surface area contributed by atoms with Crippen LogP contribution in [-0.2, 0) is 11.2 Å². The fourth-order valence-corrected chi connectivity index (χ4v) is 2.61. The van der Waals surface area contributed by atoms with Gasteiger partial charge in [-0.05, 0) is 43.2 Å². The van der Waals surface area contributed by atoms with Crippen LogP contribution in [0.2, 0.25) is 6.04 Å². The zero-order valence-corrected chi connectivity index (χ0v) is 11.0. The van der Waals surface area contributed by atoms with Gasteiger partial charge in [-0.2, -0.15) is 0 Å². The van der Waals surface area contributed by atoms with Gasteiger partial charge in [-0.25, -0.2) is 0 Å². The molecule has 0 amide bonds. The van der Waals surface area contributed by atoms with E-state index in [-0.39, 0.29) is 5.41 Å². The van der Waals surface area contributed by atoms with Crippen molar-refractivity contribution in [3.63, 3.8) is 0 Å². The molecule has 1 aromatic heterocycles. The Morgan fingerprint density at radius 1 is 1.47 bits per heavy atom. The van der Waals surface area contributed by atoms with Crippen LogP contribution in [0.3, 0.4) is 0 Å². The summed E-state index contributed by atoms with van der Waals surface area (Å²) in [6.45, 7) is 1.65. The van der Waals surface area contributed by atoms with Crippen LogP contribution in [-0.4, -0.2) is 27.0 Å². The van der Waals surface area contributed by atoms with Crippen molar-refractivity contribution < 1.29 is 9.53 Å². The predicted octanol–water partition coefficient (Wildman–Crippen LogP) is 2.39. The van der Waals surface area contributed by atoms with Gasteiger partial charge in [-0.15, -0.1) is 0 Å². The van der Waals surface area contributed by atoms with Crippen molar-refractivity contribution in [1.82, 2.24) is 4.98 Å². The number of methoxy groups -OCH3 is 1. The number of aromatic nitrogens is 1. The molecule has 0 saturated heterocycles. The summed E-state index contributed by atoms with van der Waals surface area (Å²) in [5, 5.41) is 1.47. The molecule has 0 aliphatic carbocycles. The molecule has 0 saturated carbocycles. The molecular formula is C13H15NO2Si. The highest BCUT2D eigenvalue weighted by atomic mass is 28.2. The maximum Gasteiger partial charge on any atom is 0.132 e. The normalized spacial score (nSPS) is 10.7. The lowest BCUT2D eigenvalue weighted by Gasteiger charge is -2.01. The summed E-state index contributed by atoms with van der Waals surface area (Å²) in [4.78, 5) is 14.2. The monoisotopic (exact) mass is 245 g/mol. The molecule has 0 atom stereocenters. The van der Waals surface area contributed by atoms with Crippen LogP contribution in [0.15, 0.2) is 24.4 Å². The van der Waals surface area contributed by atoms with Gasteiger partial charge < -0.3 is 14.5 Å². The highest BCUT2D eigenvalue weighted by Gasteiger charge is 2.05. The van der Waals surface area contributed by atoms with Crippen LogP contribution < -0.4 is 4.74 Å². The van der Waals surface area contributed by atoms with Gasteiger partial charge in [0.05, 0.1) is 7.11 Å². The molecule has 1 aromatic carbocycles. The molecule has 88 valence electrons. The quantitative estimate of drug-likeness (QED) is 0.822. The van der Waals surface area contributed by atoms with E-state index in [0.29, 0.717) is 9.52 Å². The third kappa shape index (κ3) is 2.77. The van der Waals surface area contributed by atoms with Crippen LogP contribution in [0.25, 0.3) is 10.9 Å². The van der Waals surface area contributed by atoms with Crippen LogP contribution in [0.5, 0.6) is 5.75 Å². The summed E-state index contributed by atoms with van der Waals surface area (Å²) in [5.74, 6) is 0.868. The average Bonchev–Trinajstić information content (AvgIpc) is 2.71. The average molecular weight is 245 g/mol. The molecule has 0 fully saturated rings. The second-order valence-electron chi connectivity index (χ2n) is 3.96. The van der Waals surface area contributed by atoms with E-state index in [1.165, 1.54) is 10.9 Å². The number of carbonyl (C=O) groups excluding carboxylic acids is 1. The van der Waals surface area contributed by atoms with Crippen molar-refractivity contribution >= 4 is 25.8 Å². The first kappa shape index (κ1) is 11.9. The largest absolute Gasteiger partial charge is 0.497 e. The number of aromatic amines is 1. The van der Waals surface area contributed by atoms with Gasteiger partial charge in [0.1, 0.15) is 20.7 Å². The van der Waals surface area contributed by atoms with E-state index < -0.39 is 0 Å². The molecule has 1 heterocycles. The first-order chi connectivity index (χ1) is 8.20. The number of rotatable bonds is 5. The Balaban J connectivity index is 2.19. The summed E-state index contributed by atoms with van der Waals surface area (Å²) in [5.41, 5.74) is 2.37. The number of fused-ring (bicyclic) bond motifs is 1. The zero-order chi connectivity index (χ0) is 12.3. The Morgan fingerprint density at radius 3 is 3.00 bits per heavy atom. The maximum absolute atomic E-state index is 10.9. The van der Waals surface area contributed by atoms with Crippen molar-refractivity contribution in [1.29, 1.82) is 0 Å². The van der Waals surface area contributed by atoms with Gasteiger partial charge in [0, 0.05) is 17.1 Å². The molecule has 0 aliphatic rings. The highest BCUT2D eigenvalue weighted by Crippen LogP contribution is 2.24. The number of ether oxygens (including phenoxy) is 1. The van der Waals surface area contributed by atoms with E-state index in [9.17, 15) is 4.79 Å². The smallest absolute Gasteiger partial charge is 0.132 e. The molecule has 0 bridgehead atoms. The van der Waals surface area contributed by atoms with Gasteiger partial charge in [0.15, 0.2) is 0 Å². The second kappa shape index (κ2) is 5.18. The Morgan fingerprint density at radius 2 is 2.29 bits per heavy atom. The lowest BCUT2D eigenvalue weighted by Crippen LogP contribution is -2.03. The van der Waals surface area contributed by atoms with E-state index in [2.05, 4.69) is 4.98 Å². The number of carbonyl (C=O) groups is 1. The van der Waals surface area contributed by atoms with E-state index >= 15 is 0 Å². The summed E-state index contributed by atoms with van der Waals surface area (Å²) >= 11 is 0. The van der Waals surface area contributed by atoms with Crippen molar-refractivity contribution in [2.24, 2.45) is 0 Å². The number of nitrogens with one attached hydrogen (secondary N) is 1. The number of H-pyrrole nitrogens is 1. The minimum Gasteiger partial charge on any atom is -0.497 e. The molecule has 0 spiro atoms. The zero-order valence-electron chi connectivity index (χ0n) is 10.0. The molecule has 17 heavy (non-hydrogen) atoms. The number of benzene rings is 1. The first-order valence-electron chi connectivity index (χ1n) is 5.59. The Labute approximate surface area is 103 Å². The third-order valence-corrected chi connectivity index (χ3v) is 3.74. The van der Waals surface area contributed by atoms with Crippen molar-refractivity contribution in [3.8, 4) is 5.75 Å². The molecule has 1 N–H and O–H groups in total. The minimum absolute atomic E-state index is 0.280. The van der Waals surface area contributed by atoms with Crippen LogP contribution in [0, 0.1) is 0 Å². The Kier molecular flexibility index (Phi) is 3.63. The number of hydrogen-bond acceptors (Lipinski definition) is 2. The first-order valence-corrected chi connectivity index (χ1v) is 6.80. The summed E-state index contributed by atoms with van der Waals surface area (Å²) < 4.78 is 5.22. The molecule has 0 aliphatic heterocycles. The highest BCUT2D eigenvalue weighted by molar-refractivity contribution is 6.73. The lowest BCUT2D eigenvalue weighted by molar-refractivity contribution is -0.110. The van der Waals surface area contributed by atoms with Gasteiger partial charge in [0.2, 0.25) is 0 Å². The third-order valence-electron chi connectivity index (χ3n) is 2.74. The SMILES string of the molecule is COc1ccc2[nH]cc(CC[Si]C(C)=O)c2c1. The molecule has 4 heteroatoms. The second-order valence-corrected chi connectivity index (χ2v) is 5.52. The molecular weight excluding hydrogens is 230 g/mol. The van der Waals surface area contributed by atoms with Crippen LogP contribution in [0.1, 0.15) is 12.5 Å². The van der Waals surface area contributed by atoms with Crippen molar-refractivity contribution in [2.75, 3.05) is 7.11 Å². The van der Waals surface area contributed by atoms with Gasteiger partial charge in [0.25, 0.3) is 0 Å². The van der Waals surface area contributed by atoms with E-state index in [1.807, 2.05) is 24.4 Å². The lowest BCUT2D eigenvalue weighted by atomic mass is 10.1. The maximum atomic E-state index is 10.9. The van der Waals surface area contributed by atoms with E-state index in [4.69, 9.17) is 4.74 Å². The van der Waals surface area contributed by atoms with E-state index in [0.717, 1.165) is 23.7 Å². The Bertz CT molecular complexity index is 533. The van der Waals surface area contributed by atoms with Gasteiger partial charge in [-0.3, -0.25) is 0 Å².